The Morgan fingerprint density at radius 3 is 2.49 bits per heavy atom. The summed E-state index contributed by atoms with van der Waals surface area (Å²) < 4.78 is 14.7. The standard InChI is InChI=1S/C55H72N10O5S/c1-8-64-46-18-15-37-25-41(46)43(49(64)42-26-39(29-57-47(42)34(3)69-7)63-22-20-62(21-23-63)38-16-17-38)27-55(4,5)32-70-54(68)44-10-9-19-65(60-44)53(67)48(59-51(66)40-24-33(40)2)50(52-58-45(37)31-71-52)61(6)30-36-13-11-35(28-56)12-14-36/h11-15,18,25-26,29,31,33-34,38,40,44,48,50,60H,8-10,16-17,19-24,27-28,30,32,56H2,1-7H3,(H,59,66)/t33-,34-,40?,44-,48-,50-/m0/s1. The molecule has 5 aromatic rings. The predicted molar refractivity (Wildman–Crippen MR) is 278 cm³/mol. The number of carbonyl (C=O) groups excluding carboxylic acids is 3. The Morgan fingerprint density at radius 1 is 1.06 bits per heavy atom. The van der Waals surface area contributed by atoms with E-state index in [1.807, 2.05) is 25.4 Å². The number of hydrazine groups is 1. The summed E-state index contributed by atoms with van der Waals surface area (Å²) in [6, 6.07) is 15.4. The van der Waals surface area contributed by atoms with Gasteiger partial charge in [0.15, 0.2) is 0 Å². The van der Waals surface area contributed by atoms with Crippen molar-refractivity contribution in [2.75, 3.05) is 58.4 Å². The molecular weight excluding hydrogens is 913 g/mol. The van der Waals surface area contributed by atoms with Crippen LogP contribution in [0.2, 0.25) is 0 Å². The molecule has 2 saturated heterocycles. The number of nitrogens with one attached hydrogen (secondary N) is 2. The van der Waals surface area contributed by atoms with Gasteiger partial charge in [-0.15, -0.1) is 11.3 Å². The summed E-state index contributed by atoms with van der Waals surface area (Å²) in [4.78, 5) is 61.3. The largest absolute Gasteiger partial charge is 0.464 e. The van der Waals surface area contributed by atoms with E-state index >= 15 is 4.79 Å². The highest BCUT2D eigenvalue weighted by Gasteiger charge is 2.45. The number of rotatable bonds is 12. The molecular formula is C55H72N10O5S. The molecule has 2 amide bonds. The number of amides is 2. The lowest BCUT2D eigenvalue weighted by molar-refractivity contribution is -0.156. The second-order valence-corrected chi connectivity index (χ2v) is 22.5. The van der Waals surface area contributed by atoms with Crippen LogP contribution >= 0.6 is 11.3 Å². The van der Waals surface area contributed by atoms with E-state index in [-0.39, 0.29) is 36.4 Å². The normalized spacial score (nSPS) is 24.5. The third kappa shape index (κ3) is 10.3. The Hall–Kier alpha value is -5.23. The van der Waals surface area contributed by atoms with Gasteiger partial charge < -0.3 is 30.0 Å². The first-order chi connectivity index (χ1) is 34.2. The van der Waals surface area contributed by atoms with Crippen molar-refractivity contribution >= 4 is 45.7 Å². The van der Waals surface area contributed by atoms with Crippen LogP contribution in [-0.4, -0.2) is 119 Å². The molecule has 2 aliphatic carbocycles. The number of carbonyl (C=O) groups is 3. The van der Waals surface area contributed by atoms with Crippen molar-refractivity contribution < 1.29 is 23.9 Å². The number of cyclic esters (lactones) is 1. The molecule has 4 N–H and O–H groups in total. The quantitative estimate of drug-likeness (QED) is 0.108. The summed E-state index contributed by atoms with van der Waals surface area (Å²) in [7, 11) is 3.72. The first-order valence-corrected chi connectivity index (χ1v) is 26.8. The molecule has 10 rings (SSSR count). The highest BCUT2D eigenvalue weighted by molar-refractivity contribution is 7.10. The van der Waals surface area contributed by atoms with E-state index in [1.54, 1.807) is 7.11 Å². The summed E-state index contributed by atoms with van der Waals surface area (Å²) in [5.41, 5.74) is 18.9. The molecule has 1 unspecified atom stereocenters. The van der Waals surface area contributed by atoms with E-state index in [0.29, 0.717) is 50.4 Å². The fourth-order valence-corrected chi connectivity index (χ4v) is 12.2. The van der Waals surface area contributed by atoms with Crippen molar-refractivity contribution in [1.29, 1.82) is 0 Å². The van der Waals surface area contributed by atoms with Crippen molar-refractivity contribution in [2.24, 2.45) is 23.0 Å². The first kappa shape index (κ1) is 49.4. The zero-order valence-corrected chi connectivity index (χ0v) is 43.4. The maximum absolute atomic E-state index is 15.2. The summed E-state index contributed by atoms with van der Waals surface area (Å²) in [6.45, 7) is 16.8. The van der Waals surface area contributed by atoms with E-state index in [0.717, 1.165) is 100 Å². The number of nitrogens with two attached hydrogens (primary N) is 1. The highest BCUT2D eigenvalue weighted by atomic mass is 32.1. The molecule has 2 saturated carbocycles. The molecule has 0 radical (unpaired) electrons. The number of likely N-dealkylation sites (N-methyl/N-ethyl adjacent to an activating group) is 1. The number of hydrogen-bond acceptors (Lipinski definition) is 13. The van der Waals surface area contributed by atoms with Gasteiger partial charge in [0.25, 0.3) is 5.91 Å². The van der Waals surface area contributed by atoms with Gasteiger partial charge in [0.2, 0.25) is 5.91 Å². The lowest BCUT2D eigenvalue weighted by Gasteiger charge is -2.39. The maximum atomic E-state index is 15.2. The molecule has 6 bridgehead atoms. The van der Waals surface area contributed by atoms with E-state index in [1.165, 1.54) is 29.2 Å². The molecule has 15 nitrogen and oxygen atoms in total. The molecule has 6 atom stereocenters. The van der Waals surface area contributed by atoms with Crippen molar-refractivity contribution in [3.63, 3.8) is 0 Å². The number of fused-ring (bicyclic) bond motifs is 6. The Balaban J connectivity index is 1.12. The zero-order chi connectivity index (χ0) is 49.7. The number of nitrogens with zero attached hydrogens (tertiary/aromatic N) is 7. The Bertz CT molecular complexity index is 2760. The molecule has 2 aromatic carbocycles. The number of benzene rings is 2. The summed E-state index contributed by atoms with van der Waals surface area (Å²) in [6.07, 6.45) is 6.82. The number of aryl methyl sites for hydroxylation is 1. The third-order valence-corrected chi connectivity index (χ3v) is 16.6. The van der Waals surface area contributed by atoms with Crippen LogP contribution in [-0.2, 0) is 49.9 Å². The van der Waals surface area contributed by atoms with E-state index < -0.39 is 29.5 Å². The van der Waals surface area contributed by atoms with Gasteiger partial charge in [0.1, 0.15) is 17.1 Å². The van der Waals surface area contributed by atoms with Crippen LogP contribution < -0.4 is 21.4 Å². The van der Waals surface area contributed by atoms with Crippen LogP contribution in [0.1, 0.15) is 106 Å². The molecule has 4 fully saturated rings. The number of methoxy groups -OCH3 is 1. The SMILES string of the molecule is CCn1c(-c2cc(N3CCN(C4CC4)CC3)cnc2[C@H](C)OC)c2c3cc(ccc31)-c1csc(n1)[C@@H](N(C)Cc1ccc(CN)cc1)[C@H](NC(=O)C1C[C@@H]1C)C(=O)N1CCC[C@H](N1)C(=O)OCC(C)(C)C2. The maximum Gasteiger partial charge on any atom is 0.324 e. The van der Waals surface area contributed by atoms with Gasteiger partial charge in [0, 0.05) is 104 Å². The van der Waals surface area contributed by atoms with Gasteiger partial charge in [-0.2, -0.15) is 0 Å². The molecule has 378 valence electrons. The number of pyridine rings is 1. The molecule has 5 aliphatic rings. The van der Waals surface area contributed by atoms with Crippen LogP contribution in [0.5, 0.6) is 0 Å². The Kier molecular flexibility index (Phi) is 14.1. The van der Waals surface area contributed by atoms with Gasteiger partial charge in [-0.3, -0.25) is 34.2 Å². The fourth-order valence-electron chi connectivity index (χ4n) is 11.2. The number of aromatic nitrogens is 3. The van der Waals surface area contributed by atoms with E-state index in [4.69, 9.17) is 25.2 Å². The molecule has 16 heteroatoms. The summed E-state index contributed by atoms with van der Waals surface area (Å²) >= 11 is 1.49. The van der Waals surface area contributed by atoms with Crippen LogP contribution in [0, 0.1) is 17.3 Å². The highest BCUT2D eigenvalue weighted by Crippen LogP contribution is 2.44. The first-order valence-electron chi connectivity index (χ1n) is 25.9. The number of thiazole rings is 1. The molecule has 3 aliphatic heterocycles. The van der Waals surface area contributed by atoms with Gasteiger partial charge in [0.05, 0.1) is 47.7 Å². The Labute approximate surface area is 422 Å². The topological polar surface area (TPSA) is 163 Å². The second-order valence-electron chi connectivity index (χ2n) is 21.6. The minimum absolute atomic E-state index is 0.148. The van der Waals surface area contributed by atoms with Crippen molar-refractivity contribution in [2.45, 2.75) is 123 Å². The minimum atomic E-state index is -1.02. The summed E-state index contributed by atoms with van der Waals surface area (Å²) in [5, 5.41) is 8.64. The van der Waals surface area contributed by atoms with Crippen LogP contribution in [0.4, 0.5) is 5.69 Å². The average molecular weight is 985 g/mol. The van der Waals surface area contributed by atoms with E-state index in [9.17, 15) is 9.59 Å². The Morgan fingerprint density at radius 2 is 1.80 bits per heavy atom. The van der Waals surface area contributed by atoms with Crippen LogP contribution in [0.25, 0.3) is 33.4 Å². The smallest absolute Gasteiger partial charge is 0.324 e. The molecule has 6 heterocycles. The summed E-state index contributed by atoms with van der Waals surface area (Å²) in [5.74, 6) is -0.816. The zero-order valence-electron chi connectivity index (χ0n) is 42.6. The van der Waals surface area contributed by atoms with Crippen molar-refractivity contribution in [3.05, 3.63) is 87.5 Å². The van der Waals surface area contributed by atoms with Crippen molar-refractivity contribution in [1.82, 2.24) is 40.1 Å². The van der Waals surface area contributed by atoms with Gasteiger partial charge in [-0.25, -0.2) is 10.4 Å². The van der Waals surface area contributed by atoms with Gasteiger partial charge in [-0.05, 0) is 100 Å². The fraction of sp³-hybridized carbons (Fsp3) is 0.545. The third-order valence-electron chi connectivity index (χ3n) is 15.7. The number of ether oxygens (including phenoxy) is 2. The molecule has 71 heavy (non-hydrogen) atoms. The predicted octanol–water partition coefficient (Wildman–Crippen LogP) is 7.23. The number of piperazine rings is 1. The number of hydrogen-bond donors (Lipinski definition) is 3. The monoisotopic (exact) mass is 985 g/mol. The average Bonchev–Trinajstić information content (AvgIpc) is 4.30. The van der Waals surface area contributed by atoms with Gasteiger partial charge >= 0.3 is 5.97 Å². The number of esters is 1. The minimum Gasteiger partial charge on any atom is -0.464 e. The van der Waals surface area contributed by atoms with Crippen molar-refractivity contribution in [3.8, 4) is 22.5 Å². The van der Waals surface area contributed by atoms with Gasteiger partial charge in [-0.1, -0.05) is 51.1 Å². The number of anilines is 1. The second kappa shape index (κ2) is 20.3. The van der Waals surface area contributed by atoms with Crippen LogP contribution in [0.3, 0.4) is 0 Å². The lowest BCUT2D eigenvalue weighted by Crippen LogP contribution is -2.62. The molecule has 0 spiro atoms. The lowest BCUT2D eigenvalue weighted by atomic mass is 9.84. The van der Waals surface area contributed by atoms with E-state index in [2.05, 4.69) is 106 Å². The van der Waals surface area contributed by atoms with Crippen LogP contribution in [0.15, 0.2) is 60.1 Å². The molecule has 3 aromatic heterocycles.